The van der Waals surface area contributed by atoms with Crippen LogP contribution < -0.4 is 0 Å². The molecular weight excluding hydrogens is 472 g/mol. The van der Waals surface area contributed by atoms with Crippen molar-refractivity contribution in [1.82, 2.24) is 0 Å². The molecule has 0 aromatic rings. The molecule has 9 atom stereocenters. The molecule has 2 aliphatic carbocycles. The summed E-state index contributed by atoms with van der Waals surface area (Å²) in [7, 11) is 0. The minimum atomic E-state index is -2.07. The van der Waals surface area contributed by atoms with E-state index in [9.17, 15) is 29.4 Å². The minimum absolute atomic E-state index is 0.0130. The predicted octanol–water partition coefficient (Wildman–Crippen LogP) is 1.76. The summed E-state index contributed by atoms with van der Waals surface area (Å²) >= 11 is 0. The summed E-state index contributed by atoms with van der Waals surface area (Å²) in [5, 5.41) is 23.8. The SMILES string of the molecule is CC(=O)O[C@H]1CC=C(C)[C@@H]2[C@@H](O)[C@@]3(O)[C@H](/C=C(/C)[C@H](OC(C)=O)C[C@@H](OC(C)=O)[C@@]12C)OC(=O)[C@@H]3C. The molecule has 3 aliphatic rings. The molecule has 0 saturated carbocycles. The molecular formula is C26H36O10. The van der Waals surface area contributed by atoms with Crippen LogP contribution in [-0.4, -0.2) is 70.2 Å². The molecule has 1 saturated heterocycles. The number of ether oxygens (including phenoxy) is 4. The maximum Gasteiger partial charge on any atom is 0.312 e. The molecule has 0 bridgehead atoms. The fraction of sp³-hybridized carbons (Fsp3) is 0.692. The van der Waals surface area contributed by atoms with Gasteiger partial charge in [0.05, 0.1) is 17.4 Å². The molecule has 1 fully saturated rings. The molecule has 1 aliphatic heterocycles. The molecule has 3 rings (SSSR count). The van der Waals surface area contributed by atoms with Gasteiger partial charge in [0.1, 0.15) is 23.9 Å². The second-order valence-electron chi connectivity index (χ2n) is 10.4. The van der Waals surface area contributed by atoms with Gasteiger partial charge in [0.25, 0.3) is 0 Å². The van der Waals surface area contributed by atoms with E-state index in [2.05, 4.69) is 0 Å². The van der Waals surface area contributed by atoms with Crippen LogP contribution in [0.3, 0.4) is 0 Å². The second-order valence-corrected chi connectivity index (χ2v) is 10.4. The normalized spacial score (nSPS) is 41.9. The number of aliphatic hydroxyl groups excluding tert-OH is 1. The molecule has 0 amide bonds. The second kappa shape index (κ2) is 9.97. The van der Waals surface area contributed by atoms with Gasteiger partial charge in [-0.25, -0.2) is 0 Å². The van der Waals surface area contributed by atoms with Crippen LogP contribution >= 0.6 is 0 Å². The van der Waals surface area contributed by atoms with Gasteiger partial charge < -0.3 is 29.2 Å². The van der Waals surface area contributed by atoms with Crippen molar-refractivity contribution >= 4 is 23.9 Å². The molecule has 200 valence electrons. The molecule has 10 nitrogen and oxygen atoms in total. The summed E-state index contributed by atoms with van der Waals surface area (Å²) in [6, 6.07) is 0. The van der Waals surface area contributed by atoms with Crippen LogP contribution in [-0.2, 0) is 38.1 Å². The molecule has 0 radical (unpaired) electrons. The number of aliphatic hydroxyl groups is 2. The van der Waals surface area contributed by atoms with E-state index in [1.54, 1.807) is 26.8 Å². The van der Waals surface area contributed by atoms with Crippen LogP contribution in [0, 0.1) is 17.3 Å². The van der Waals surface area contributed by atoms with Gasteiger partial charge in [-0.3, -0.25) is 19.2 Å². The zero-order chi connectivity index (χ0) is 27.2. The molecule has 36 heavy (non-hydrogen) atoms. The van der Waals surface area contributed by atoms with Crippen LogP contribution in [0.2, 0.25) is 0 Å². The number of esters is 4. The van der Waals surface area contributed by atoms with Gasteiger partial charge in [0.15, 0.2) is 6.10 Å². The van der Waals surface area contributed by atoms with Gasteiger partial charge in [0, 0.05) is 39.5 Å². The maximum absolute atomic E-state index is 12.6. The monoisotopic (exact) mass is 508 g/mol. The average Bonchev–Trinajstić information content (AvgIpc) is 2.97. The Kier molecular flexibility index (Phi) is 7.72. The quantitative estimate of drug-likeness (QED) is 0.328. The van der Waals surface area contributed by atoms with E-state index < -0.39 is 77.2 Å². The third-order valence-electron chi connectivity index (χ3n) is 8.01. The van der Waals surface area contributed by atoms with Crippen molar-refractivity contribution in [3.05, 3.63) is 23.3 Å². The first-order chi connectivity index (χ1) is 16.6. The van der Waals surface area contributed by atoms with Crippen molar-refractivity contribution in [3.63, 3.8) is 0 Å². The Bertz CT molecular complexity index is 999. The molecule has 0 spiro atoms. The van der Waals surface area contributed by atoms with Crippen LogP contribution in [0.25, 0.3) is 0 Å². The fourth-order valence-electron chi connectivity index (χ4n) is 6.05. The Morgan fingerprint density at radius 1 is 1.00 bits per heavy atom. The summed E-state index contributed by atoms with van der Waals surface area (Å²) in [6.07, 6.45) is -2.07. The maximum atomic E-state index is 12.6. The lowest BCUT2D eigenvalue weighted by molar-refractivity contribution is -0.208. The number of fused-ring (bicyclic) bond motifs is 2. The first-order valence-corrected chi connectivity index (χ1v) is 12.1. The zero-order valence-corrected chi connectivity index (χ0v) is 21.8. The van der Waals surface area contributed by atoms with Crippen molar-refractivity contribution in [3.8, 4) is 0 Å². The topological polar surface area (TPSA) is 146 Å². The van der Waals surface area contributed by atoms with Crippen LogP contribution in [0.15, 0.2) is 23.3 Å². The van der Waals surface area contributed by atoms with Crippen LogP contribution in [0.1, 0.15) is 61.3 Å². The van der Waals surface area contributed by atoms with Gasteiger partial charge in [-0.15, -0.1) is 0 Å². The third-order valence-corrected chi connectivity index (χ3v) is 8.01. The predicted molar refractivity (Wildman–Crippen MR) is 125 cm³/mol. The minimum Gasteiger partial charge on any atom is -0.462 e. The molecule has 10 heteroatoms. The smallest absolute Gasteiger partial charge is 0.312 e. The summed E-state index contributed by atoms with van der Waals surface area (Å²) in [6.45, 7) is 10.3. The van der Waals surface area contributed by atoms with E-state index in [1.807, 2.05) is 0 Å². The first kappa shape index (κ1) is 27.9. The van der Waals surface area contributed by atoms with Crippen molar-refractivity contribution < 1.29 is 48.3 Å². The average molecular weight is 509 g/mol. The molecule has 0 aromatic carbocycles. The highest BCUT2D eigenvalue weighted by atomic mass is 16.6. The first-order valence-electron chi connectivity index (χ1n) is 12.1. The van der Waals surface area contributed by atoms with E-state index in [1.165, 1.54) is 33.8 Å². The summed E-state index contributed by atoms with van der Waals surface area (Å²) in [5.74, 6) is -4.50. The number of hydrogen-bond donors (Lipinski definition) is 2. The highest BCUT2D eigenvalue weighted by molar-refractivity contribution is 5.77. The lowest BCUT2D eigenvalue weighted by atomic mass is 9.56. The van der Waals surface area contributed by atoms with E-state index in [0.29, 0.717) is 11.1 Å². The Hall–Kier alpha value is -2.72. The van der Waals surface area contributed by atoms with Crippen molar-refractivity contribution in [1.29, 1.82) is 0 Å². The van der Waals surface area contributed by atoms with E-state index in [-0.39, 0.29) is 12.8 Å². The highest BCUT2D eigenvalue weighted by Gasteiger charge is 2.65. The van der Waals surface area contributed by atoms with Crippen molar-refractivity contribution in [2.75, 3.05) is 0 Å². The summed E-state index contributed by atoms with van der Waals surface area (Å²) in [5.41, 5.74) is -2.25. The number of carbonyl (C=O) groups is 4. The summed E-state index contributed by atoms with van der Waals surface area (Å²) < 4.78 is 22.5. The molecule has 1 heterocycles. The standard InChI is InChI=1S/C26H36O10/c1-12-8-9-19(34-16(5)28)25(7)20(35-17(6)29)11-18(33-15(4)27)13(2)10-21-26(32,23(30)22(12)25)14(3)24(31)36-21/h8,10,14,18-23,30,32H,9,11H2,1-7H3/b13-10-/t14-,18+,19-,20+,21-,22+,23+,25+,26-/m0/s1. The van der Waals surface area contributed by atoms with Crippen LogP contribution in [0.4, 0.5) is 0 Å². The molecule has 2 N–H and O–H groups in total. The molecule has 0 aromatic heterocycles. The van der Waals surface area contributed by atoms with Gasteiger partial charge in [0.2, 0.25) is 0 Å². The Labute approximate surface area is 210 Å². The van der Waals surface area contributed by atoms with Gasteiger partial charge >= 0.3 is 23.9 Å². The van der Waals surface area contributed by atoms with Crippen molar-refractivity contribution in [2.24, 2.45) is 17.3 Å². The lowest BCUT2D eigenvalue weighted by Crippen LogP contribution is -2.64. The third kappa shape index (κ3) is 4.68. The number of rotatable bonds is 3. The van der Waals surface area contributed by atoms with Gasteiger partial charge in [-0.05, 0) is 32.4 Å². The number of hydrogen-bond acceptors (Lipinski definition) is 10. The van der Waals surface area contributed by atoms with Crippen molar-refractivity contribution in [2.45, 2.75) is 97.4 Å². The Morgan fingerprint density at radius 2 is 1.56 bits per heavy atom. The lowest BCUT2D eigenvalue weighted by Gasteiger charge is -2.54. The zero-order valence-electron chi connectivity index (χ0n) is 21.8. The van der Waals surface area contributed by atoms with Crippen LogP contribution in [0.5, 0.6) is 0 Å². The van der Waals surface area contributed by atoms with E-state index >= 15 is 0 Å². The summed E-state index contributed by atoms with van der Waals surface area (Å²) in [4.78, 5) is 49.0. The van der Waals surface area contributed by atoms with E-state index in [4.69, 9.17) is 18.9 Å². The van der Waals surface area contributed by atoms with E-state index in [0.717, 1.165) is 0 Å². The number of carbonyl (C=O) groups excluding carboxylic acids is 4. The highest BCUT2D eigenvalue weighted by Crippen LogP contribution is 2.54. The largest absolute Gasteiger partial charge is 0.462 e. The van der Waals surface area contributed by atoms with Gasteiger partial charge in [-0.1, -0.05) is 18.6 Å². The van der Waals surface area contributed by atoms with Gasteiger partial charge in [-0.2, -0.15) is 0 Å². The Balaban J connectivity index is 2.33. The molecule has 0 unspecified atom stereocenters. The Morgan fingerprint density at radius 3 is 2.11 bits per heavy atom. The fourth-order valence-corrected chi connectivity index (χ4v) is 6.05.